The third-order valence-electron chi connectivity index (χ3n) is 10.1. The third-order valence-corrected chi connectivity index (χ3v) is 10.1. The van der Waals surface area contributed by atoms with Gasteiger partial charge in [0.1, 0.15) is 24.2 Å². The van der Waals surface area contributed by atoms with Gasteiger partial charge in [-0.1, -0.05) is 140 Å². The monoisotopic (exact) mass is 738 g/mol. The molecule has 3 amide bonds. The molecule has 0 fully saturated rings. The highest BCUT2D eigenvalue weighted by molar-refractivity contribution is 5.90. The number of carboxylic acids is 1. The molecule has 6 rings (SSSR count). The molecular weight excluding hydrogens is 693 g/mol. The summed E-state index contributed by atoms with van der Waals surface area (Å²) in [5, 5.41) is 18.4. The zero-order valence-electron chi connectivity index (χ0n) is 30.5. The number of benzene rings is 5. The Morgan fingerprint density at radius 3 is 1.62 bits per heavy atom. The van der Waals surface area contributed by atoms with E-state index in [0.717, 1.165) is 38.9 Å². The topological polar surface area (TPSA) is 160 Å². The van der Waals surface area contributed by atoms with Gasteiger partial charge in [0.15, 0.2) is 0 Å². The number of alkyl carbamates (subject to hydrolysis) is 1. The SMILES string of the molecule is NCCCC[C@H](NC(=O)[C@H](CCC(=O)NC(c1ccccc1)(c1ccccc1)c1ccccc1)NC(=O)OCC1c2ccccc2-c2ccccc21)C(=O)O. The maximum atomic E-state index is 14.1. The molecule has 0 saturated carbocycles. The van der Waals surface area contributed by atoms with Gasteiger partial charge >= 0.3 is 12.1 Å². The van der Waals surface area contributed by atoms with E-state index in [9.17, 15) is 24.3 Å². The number of aliphatic carboxylic acids is 1. The quantitative estimate of drug-likeness (QED) is 0.0539. The number of carbonyl (C=O) groups excluding carboxylic acids is 3. The summed E-state index contributed by atoms with van der Waals surface area (Å²) >= 11 is 0. The minimum Gasteiger partial charge on any atom is -0.480 e. The second-order valence-corrected chi connectivity index (χ2v) is 13.6. The van der Waals surface area contributed by atoms with Crippen molar-refractivity contribution in [1.82, 2.24) is 16.0 Å². The summed E-state index contributed by atoms with van der Waals surface area (Å²) in [5.41, 5.74) is 11.2. The molecule has 0 spiro atoms. The Morgan fingerprint density at radius 1 is 0.636 bits per heavy atom. The highest BCUT2D eigenvalue weighted by atomic mass is 16.5. The number of carboxylic acid groups (broad SMARTS) is 1. The van der Waals surface area contributed by atoms with Crippen molar-refractivity contribution in [3.05, 3.63) is 167 Å². The molecule has 0 aliphatic heterocycles. The number of amides is 3. The predicted octanol–water partition coefficient (Wildman–Crippen LogP) is 6.48. The van der Waals surface area contributed by atoms with Gasteiger partial charge in [0.2, 0.25) is 11.8 Å². The summed E-state index contributed by atoms with van der Waals surface area (Å²) in [4.78, 5) is 53.5. The molecule has 0 bridgehead atoms. The normalized spacial score (nSPS) is 13.1. The number of nitrogens with two attached hydrogens (primary N) is 1. The predicted molar refractivity (Wildman–Crippen MR) is 211 cm³/mol. The maximum absolute atomic E-state index is 14.1. The molecule has 1 aliphatic rings. The molecule has 55 heavy (non-hydrogen) atoms. The van der Waals surface area contributed by atoms with Crippen molar-refractivity contribution < 1.29 is 29.0 Å². The van der Waals surface area contributed by atoms with Crippen molar-refractivity contribution >= 4 is 23.9 Å². The van der Waals surface area contributed by atoms with Gasteiger partial charge in [-0.15, -0.1) is 0 Å². The molecule has 6 N–H and O–H groups in total. The summed E-state index contributed by atoms with van der Waals surface area (Å²) in [6.45, 7) is 0.400. The minimum absolute atomic E-state index is 0.0132. The lowest BCUT2D eigenvalue weighted by Crippen LogP contribution is -2.52. The number of hydrogen-bond donors (Lipinski definition) is 5. The number of hydrogen-bond acceptors (Lipinski definition) is 6. The molecule has 1 aliphatic carbocycles. The van der Waals surface area contributed by atoms with E-state index in [-0.39, 0.29) is 37.7 Å². The van der Waals surface area contributed by atoms with E-state index in [4.69, 9.17) is 10.5 Å². The Balaban J connectivity index is 1.22. The Morgan fingerprint density at radius 2 is 1.13 bits per heavy atom. The Kier molecular flexibility index (Phi) is 12.7. The molecule has 282 valence electrons. The van der Waals surface area contributed by atoms with Crippen LogP contribution in [0.2, 0.25) is 0 Å². The summed E-state index contributed by atoms with van der Waals surface area (Å²) in [7, 11) is 0. The average molecular weight is 739 g/mol. The van der Waals surface area contributed by atoms with E-state index in [2.05, 4.69) is 16.0 Å². The first kappa shape index (κ1) is 38.5. The molecule has 10 nitrogen and oxygen atoms in total. The number of carbonyl (C=O) groups is 4. The molecule has 0 aromatic heterocycles. The van der Waals surface area contributed by atoms with Crippen LogP contribution in [0.15, 0.2) is 140 Å². The lowest BCUT2D eigenvalue weighted by atomic mass is 9.77. The zero-order chi connectivity index (χ0) is 38.6. The molecule has 5 aromatic carbocycles. The molecule has 0 unspecified atom stereocenters. The van der Waals surface area contributed by atoms with E-state index in [1.165, 1.54) is 0 Å². The highest BCUT2D eigenvalue weighted by Gasteiger charge is 2.38. The highest BCUT2D eigenvalue weighted by Crippen LogP contribution is 2.44. The summed E-state index contributed by atoms with van der Waals surface area (Å²) in [6, 6.07) is 42.3. The summed E-state index contributed by atoms with van der Waals surface area (Å²) in [5.74, 6) is -2.54. The summed E-state index contributed by atoms with van der Waals surface area (Å²) < 4.78 is 5.75. The van der Waals surface area contributed by atoms with E-state index in [0.29, 0.717) is 19.4 Å². The lowest BCUT2D eigenvalue weighted by molar-refractivity contribution is -0.142. The lowest BCUT2D eigenvalue weighted by Gasteiger charge is -2.37. The van der Waals surface area contributed by atoms with E-state index in [1.807, 2.05) is 140 Å². The van der Waals surface area contributed by atoms with Crippen LogP contribution in [0.3, 0.4) is 0 Å². The maximum Gasteiger partial charge on any atom is 0.407 e. The van der Waals surface area contributed by atoms with E-state index in [1.54, 1.807) is 0 Å². The zero-order valence-corrected chi connectivity index (χ0v) is 30.5. The van der Waals surface area contributed by atoms with Gasteiger partial charge in [0, 0.05) is 12.3 Å². The van der Waals surface area contributed by atoms with Crippen molar-refractivity contribution in [2.45, 2.75) is 55.6 Å². The Bertz CT molecular complexity index is 1930. The third kappa shape index (κ3) is 8.93. The molecule has 0 heterocycles. The number of rotatable bonds is 17. The van der Waals surface area contributed by atoms with E-state index >= 15 is 0 Å². The molecule has 5 aromatic rings. The van der Waals surface area contributed by atoms with Crippen LogP contribution in [-0.2, 0) is 24.7 Å². The molecule has 10 heteroatoms. The molecular formula is C45H46N4O6. The summed E-state index contributed by atoms with van der Waals surface area (Å²) in [6.07, 6.45) is 0.0647. The smallest absolute Gasteiger partial charge is 0.407 e. The first-order valence-corrected chi connectivity index (χ1v) is 18.6. The van der Waals surface area contributed by atoms with Gasteiger partial charge in [-0.25, -0.2) is 9.59 Å². The van der Waals surface area contributed by atoms with Crippen molar-refractivity contribution in [3.63, 3.8) is 0 Å². The van der Waals surface area contributed by atoms with Crippen molar-refractivity contribution in [2.75, 3.05) is 13.2 Å². The van der Waals surface area contributed by atoms with Crippen molar-refractivity contribution in [1.29, 1.82) is 0 Å². The van der Waals surface area contributed by atoms with Gasteiger partial charge in [-0.3, -0.25) is 9.59 Å². The van der Waals surface area contributed by atoms with Crippen LogP contribution in [0, 0.1) is 0 Å². The Hall–Kier alpha value is -6.26. The Labute approximate surface area is 321 Å². The van der Waals surface area contributed by atoms with Gasteiger partial charge in [0.05, 0.1) is 0 Å². The standard InChI is InChI=1S/C45H46N4O6/c46-29-15-14-26-40(43(52)53)47-42(51)39(48-44(54)55-30-38-36-24-12-10-22-34(36)35-23-11-13-25-37(35)38)27-28-41(50)49-45(31-16-4-1-5-17-31,32-18-6-2-7-19-32)33-20-8-3-9-21-33/h1-13,16-25,38-40H,14-15,26-30,46H2,(H,47,51)(H,48,54)(H,49,50)(H,52,53)/t39-,40-/m0/s1. The first-order chi connectivity index (χ1) is 26.8. The molecule has 0 radical (unpaired) electrons. The van der Waals surface area contributed by atoms with Crippen LogP contribution in [-0.4, -0.2) is 54.2 Å². The molecule has 0 saturated heterocycles. The second kappa shape index (κ2) is 18.2. The number of unbranched alkanes of at least 4 members (excludes halogenated alkanes) is 1. The van der Waals surface area contributed by atoms with Gasteiger partial charge in [0.25, 0.3) is 0 Å². The number of ether oxygens (including phenoxy) is 1. The fourth-order valence-corrected chi connectivity index (χ4v) is 7.40. The molecule has 2 atom stereocenters. The first-order valence-electron chi connectivity index (χ1n) is 18.6. The van der Waals surface area contributed by atoms with Crippen LogP contribution >= 0.6 is 0 Å². The number of fused-ring (bicyclic) bond motifs is 3. The van der Waals surface area contributed by atoms with Gasteiger partial charge in [-0.05, 0) is 71.2 Å². The second-order valence-electron chi connectivity index (χ2n) is 13.6. The van der Waals surface area contributed by atoms with Crippen LogP contribution in [0.5, 0.6) is 0 Å². The average Bonchev–Trinajstić information content (AvgIpc) is 3.54. The van der Waals surface area contributed by atoms with Crippen molar-refractivity contribution in [3.8, 4) is 11.1 Å². The fourth-order valence-electron chi connectivity index (χ4n) is 7.40. The van der Waals surface area contributed by atoms with E-state index < -0.39 is 35.6 Å². The largest absolute Gasteiger partial charge is 0.480 e. The minimum atomic E-state index is -1.28. The van der Waals surface area contributed by atoms with Crippen LogP contribution in [0.25, 0.3) is 11.1 Å². The number of nitrogens with one attached hydrogen (secondary N) is 3. The van der Waals surface area contributed by atoms with Crippen molar-refractivity contribution in [2.24, 2.45) is 5.73 Å². The van der Waals surface area contributed by atoms with Gasteiger partial charge in [-0.2, -0.15) is 0 Å². The van der Waals surface area contributed by atoms with Gasteiger partial charge < -0.3 is 31.5 Å². The van der Waals surface area contributed by atoms with Crippen LogP contribution in [0.1, 0.15) is 65.8 Å². The van der Waals surface area contributed by atoms with Crippen LogP contribution in [0.4, 0.5) is 4.79 Å². The fraction of sp³-hybridized carbons (Fsp3) is 0.244. The van der Waals surface area contributed by atoms with Crippen LogP contribution < -0.4 is 21.7 Å².